The number of hydrogen-bond donors (Lipinski definition) is 1. The molecule has 0 bridgehead atoms. The fraction of sp³-hybridized carbons (Fsp3) is 0.583. The van der Waals surface area contributed by atoms with Crippen LogP contribution in [0.1, 0.15) is 44.7 Å². The van der Waals surface area contributed by atoms with E-state index in [-0.39, 0.29) is 0 Å². The molecule has 0 aromatic carbocycles. The SMILES string of the molecule is CCCCN(SN)C(CC)c1ccncc1. The van der Waals surface area contributed by atoms with Gasteiger partial charge < -0.3 is 0 Å². The van der Waals surface area contributed by atoms with E-state index in [9.17, 15) is 0 Å². The Hall–Kier alpha value is -0.580. The summed E-state index contributed by atoms with van der Waals surface area (Å²) < 4.78 is 2.26. The van der Waals surface area contributed by atoms with Crippen LogP contribution < -0.4 is 5.14 Å². The molecule has 0 radical (unpaired) electrons. The average Bonchev–Trinajstić information content (AvgIpc) is 2.35. The molecule has 1 aromatic heterocycles. The fourth-order valence-corrected chi connectivity index (χ4v) is 2.44. The second-order valence-electron chi connectivity index (χ2n) is 3.80. The summed E-state index contributed by atoms with van der Waals surface area (Å²) >= 11 is 1.35. The Kier molecular flexibility index (Phi) is 6.45. The minimum absolute atomic E-state index is 0.393. The number of pyridine rings is 1. The molecule has 4 heteroatoms. The van der Waals surface area contributed by atoms with Gasteiger partial charge in [-0.1, -0.05) is 20.3 Å². The molecule has 90 valence electrons. The van der Waals surface area contributed by atoms with E-state index < -0.39 is 0 Å². The molecule has 16 heavy (non-hydrogen) atoms. The Morgan fingerprint density at radius 2 is 2.06 bits per heavy atom. The van der Waals surface area contributed by atoms with Gasteiger partial charge >= 0.3 is 0 Å². The molecule has 0 aliphatic heterocycles. The van der Waals surface area contributed by atoms with E-state index in [1.807, 2.05) is 12.4 Å². The molecule has 1 atom stereocenters. The maximum absolute atomic E-state index is 5.75. The van der Waals surface area contributed by atoms with Gasteiger partial charge in [0.2, 0.25) is 0 Å². The van der Waals surface area contributed by atoms with Gasteiger partial charge in [0.05, 0.1) is 0 Å². The van der Waals surface area contributed by atoms with Crippen LogP contribution in [0.3, 0.4) is 0 Å². The first kappa shape index (κ1) is 13.5. The molecule has 0 spiro atoms. The van der Waals surface area contributed by atoms with Gasteiger partial charge in [-0.2, -0.15) is 0 Å². The summed E-state index contributed by atoms with van der Waals surface area (Å²) in [6.07, 6.45) is 7.14. The molecule has 0 aliphatic rings. The van der Waals surface area contributed by atoms with E-state index in [4.69, 9.17) is 5.14 Å². The lowest BCUT2D eigenvalue weighted by Gasteiger charge is -2.28. The molecule has 0 aliphatic carbocycles. The van der Waals surface area contributed by atoms with Crippen LogP contribution in [0.5, 0.6) is 0 Å². The van der Waals surface area contributed by atoms with E-state index in [1.54, 1.807) is 0 Å². The Balaban J connectivity index is 2.71. The molecule has 1 rings (SSSR count). The van der Waals surface area contributed by atoms with Crippen LogP contribution in [0.25, 0.3) is 0 Å². The normalized spacial score (nSPS) is 13.0. The minimum atomic E-state index is 0.393. The van der Waals surface area contributed by atoms with Crippen molar-refractivity contribution in [2.75, 3.05) is 6.54 Å². The number of hydrogen-bond acceptors (Lipinski definition) is 4. The van der Waals surface area contributed by atoms with Gasteiger partial charge in [0.25, 0.3) is 0 Å². The Morgan fingerprint density at radius 1 is 1.38 bits per heavy atom. The van der Waals surface area contributed by atoms with Gasteiger partial charge in [-0.15, -0.1) is 0 Å². The summed E-state index contributed by atoms with van der Waals surface area (Å²) in [5.41, 5.74) is 1.30. The number of rotatable bonds is 7. The van der Waals surface area contributed by atoms with Crippen molar-refractivity contribution in [3.63, 3.8) is 0 Å². The highest BCUT2D eigenvalue weighted by molar-refractivity contribution is 7.94. The molecule has 0 saturated heterocycles. The zero-order valence-corrected chi connectivity index (χ0v) is 10.9. The first-order chi connectivity index (χ1) is 7.83. The molecule has 0 saturated carbocycles. The summed E-state index contributed by atoms with van der Waals surface area (Å²) in [5, 5.41) is 5.75. The van der Waals surface area contributed by atoms with E-state index in [0.717, 1.165) is 13.0 Å². The largest absolute Gasteiger partial charge is 0.265 e. The third kappa shape index (κ3) is 3.77. The topological polar surface area (TPSA) is 42.1 Å². The van der Waals surface area contributed by atoms with E-state index in [0.29, 0.717) is 6.04 Å². The van der Waals surface area contributed by atoms with Crippen molar-refractivity contribution in [2.45, 2.75) is 39.2 Å². The van der Waals surface area contributed by atoms with Gasteiger partial charge in [-0.25, -0.2) is 4.31 Å². The van der Waals surface area contributed by atoms with Crippen molar-refractivity contribution < 1.29 is 0 Å². The predicted octanol–water partition coefficient (Wildman–Crippen LogP) is 3.16. The third-order valence-corrected chi connectivity index (χ3v) is 3.40. The van der Waals surface area contributed by atoms with Crippen molar-refractivity contribution in [2.24, 2.45) is 5.14 Å². The zero-order valence-electron chi connectivity index (χ0n) is 10.1. The van der Waals surface area contributed by atoms with Crippen LogP contribution >= 0.6 is 12.1 Å². The Morgan fingerprint density at radius 3 is 2.56 bits per heavy atom. The van der Waals surface area contributed by atoms with Crippen LogP contribution in [0, 0.1) is 0 Å². The summed E-state index contributed by atoms with van der Waals surface area (Å²) in [5.74, 6) is 0. The smallest absolute Gasteiger partial charge is 0.0462 e. The quantitative estimate of drug-likeness (QED) is 0.742. The maximum atomic E-state index is 5.75. The van der Waals surface area contributed by atoms with E-state index >= 15 is 0 Å². The highest BCUT2D eigenvalue weighted by Gasteiger charge is 2.17. The van der Waals surface area contributed by atoms with Crippen molar-refractivity contribution in [3.05, 3.63) is 30.1 Å². The minimum Gasteiger partial charge on any atom is -0.265 e. The maximum Gasteiger partial charge on any atom is 0.0462 e. The van der Waals surface area contributed by atoms with Crippen LogP contribution in [-0.4, -0.2) is 15.8 Å². The summed E-state index contributed by atoms with van der Waals surface area (Å²) in [6.45, 7) is 5.44. The molecular formula is C12H21N3S. The molecule has 0 fully saturated rings. The Bertz CT molecular complexity index is 279. The van der Waals surface area contributed by atoms with Gasteiger partial charge in [0.1, 0.15) is 0 Å². The molecule has 1 heterocycles. The lowest BCUT2D eigenvalue weighted by molar-refractivity contribution is 0.344. The predicted molar refractivity (Wildman–Crippen MR) is 70.7 cm³/mol. The molecule has 1 aromatic rings. The lowest BCUT2D eigenvalue weighted by Crippen LogP contribution is -2.24. The van der Waals surface area contributed by atoms with E-state index in [1.165, 1.54) is 30.5 Å². The summed E-state index contributed by atoms with van der Waals surface area (Å²) in [7, 11) is 0. The van der Waals surface area contributed by atoms with Crippen molar-refractivity contribution in [3.8, 4) is 0 Å². The molecule has 1 unspecified atom stereocenters. The fourth-order valence-electron chi connectivity index (χ4n) is 1.79. The second-order valence-corrected chi connectivity index (χ2v) is 4.48. The van der Waals surface area contributed by atoms with Gasteiger partial charge in [-0.05, 0) is 30.5 Å². The highest BCUT2D eigenvalue weighted by atomic mass is 32.2. The summed E-state index contributed by atoms with van der Waals surface area (Å²) in [4.78, 5) is 4.05. The summed E-state index contributed by atoms with van der Waals surface area (Å²) in [6, 6.07) is 4.54. The monoisotopic (exact) mass is 239 g/mol. The second kappa shape index (κ2) is 7.65. The van der Waals surface area contributed by atoms with E-state index in [2.05, 4.69) is 35.3 Å². The zero-order chi connectivity index (χ0) is 11.8. The van der Waals surface area contributed by atoms with Crippen LogP contribution in [-0.2, 0) is 0 Å². The lowest BCUT2D eigenvalue weighted by atomic mass is 10.1. The van der Waals surface area contributed by atoms with Gasteiger partial charge in [0, 0.05) is 37.1 Å². The first-order valence-electron chi connectivity index (χ1n) is 5.86. The molecular weight excluding hydrogens is 218 g/mol. The van der Waals surface area contributed by atoms with Crippen LogP contribution in [0.15, 0.2) is 24.5 Å². The average molecular weight is 239 g/mol. The highest BCUT2D eigenvalue weighted by Crippen LogP contribution is 2.27. The number of nitrogens with zero attached hydrogens (tertiary/aromatic N) is 2. The van der Waals surface area contributed by atoms with Crippen LogP contribution in [0.2, 0.25) is 0 Å². The first-order valence-corrected chi connectivity index (χ1v) is 6.70. The van der Waals surface area contributed by atoms with Gasteiger partial charge in [-0.3, -0.25) is 10.1 Å². The number of nitrogens with two attached hydrogens (primary N) is 1. The molecule has 3 nitrogen and oxygen atoms in total. The number of aromatic nitrogens is 1. The standard InChI is InChI=1S/C12H21N3S/c1-3-5-10-15(16-13)12(4-2)11-6-8-14-9-7-11/h6-9,12H,3-5,10,13H2,1-2H3. The molecule has 2 N–H and O–H groups in total. The van der Waals surface area contributed by atoms with Crippen molar-refractivity contribution in [1.82, 2.24) is 9.29 Å². The van der Waals surface area contributed by atoms with Crippen molar-refractivity contribution >= 4 is 12.1 Å². The Labute approximate surface area is 103 Å². The van der Waals surface area contributed by atoms with Crippen LogP contribution in [0.4, 0.5) is 0 Å². The van der Waals surface area contributed by atoms with Gasteiger partial charge in [0.15, 0.2) is 0 Å². The van der Waals surface area contributed by atoms with Crippen molar-refractivity contribution in [1.29, 1.82) is 0 Å². The molecule has 0 amide bonds. The number of unbranched alkanes of at least 4 members (excludes halogenated alkanes) is 1. The third-order valence-electron chi connectivity index (χ3n) is 2.69.